The number of unbranched alkanes of at least 4 members (excludes halogenated alkanes) is 40. The van der Waals surface area contributed by atoms with E-state index >= 15 is 0 Å². The summed E-state index contributed by atoms with van der Waals surface area (Å²) >= 11 is 0. The molecule has 0 aromatic rings. The second-order valence-electron chi connectivity index (χ2n) is 21.1. The van der Waals surface area contributed by atoms with Crippen LogP contribution in [0.15, 0.2) is 0 Å². The van der Waals surface area contributed by atoms with Crippen molar-refractivity contribution >= 4 is 17.9 Å². The van der Waals surface area contributed by atoms with Crippen molar-refractivity contribution in [3.05, 3.63) is 0 Å². The van der Waals surface area contributed by atoms with Crippen LogP contribution in [0.25, 0.3) is 0 Å². The second-order valence-corrected chi connectivity index (χ2v) is 21.1. The Balaban J connectivity index is 2.99. The first-order chi connectivity index (χ1) is 33.3. The van der Waals surface area contributed by atoms with Gasteiger partial charge in [0.05, 0.1) is 13.2 Å². The maximum absolute atomic E-state index is 14.6. The Labute approximate surface area is 419 Å². The summed E-state index contributed by atoms with van der Waals surface area (Å²) in [5.74, 6) is -3.78. The van der Waals surface area contributed by atoms with Crippen LogP contribution in [0.3, 0.4) is 0 Å². The molecule has 5 atom stereocenters. The number of hydrogen-bond acceptors (Lipinski definition) is 9. The highest BCUT2D eigenvalue weighted by molar-refractivity contribution is 5.90. The topological polar surface area (TPSA) is 140 Å². The predicted molar refractivity (Wildman–Crippen MR) is 282 cm³/mol. The number of ether oxygens (including phenoxy) is 3. The number of rotatable bonds is 50. The van der Waals surface area contributed by atoms with Gasteiger partial charge in [0.25, 0.3) is 0 Å². The monoisotopic (exact) mass is 965 g/mol. The van der Waals surface area contributed by atoms with Gasteiger partial charge in [0.15, 0.2) is 0 Å². The van der Waals surface area contributed by atoms with E-state index < -0.39 is 61.0 Å². The maximum atomic E-state index is 14.6. The Morgan fingerprint density at radius 2 is 0.618 bits per heavy atom. The normalized spacial score (nSPS) is 18.7. The van der Waals surface area contributed by atoms with Gasteiger partial charge in [-0.05, 0) is 19.3 Å². The molecule has 1 fully saturated rings. The Bertz CT molecular complexity index is 1150. The fourth-order valence-corrected chi connectivity index (χ4v) is 10.4. The molecule has 1 rings (SSSR count). The molecule has 0 aromatic carbocycles. The predicted octanol–water partition coefficient (Wildman–Crippen LogP) is 16.1. The second kappa shape index (κ2) is 46.4. The number of esters is 3. The van der Waals surface area contributed by atoms with Crippen LogP contribution in [-0.4, -0.2) is 70.4 Å². The van der Waals surface area contributed by atoms with E-state index in [9.17, 15) is 29.7 Å². The first kappa shape index (κ1) is 64.3. The summed E-state index contributed by atoms with van der Waals surface area (Å²) in [4.78, 5) is 41.4. The van der Waals surface area contributed by atoms with E-state index in [1.807, 2.05) is 0 Å². The van der Waals surface area contributed by atoms with Gasteiger partial charge in [-0.15, -0.1) is 0 Å². The summed E-state index contributed by atoms with van der Waals surface area (Å²) in [6.07, 6.45) is 48.8. The Hall–Kier alpha value is -1.71. The quantitative estimate of drug-likeness (QED) is 0.0309. The minimum atomic E-state index is -2.10. The molecule has 9 heteroatoms. The van der Waals surface area contributed by atoms with E-state index in [1.54, 1.807) is 0 Å². The van der Waals surface area contributed by atoms with E-state index in [0.29, 0.717) is 19.3 Å². The van der Waals surface area contributed by atoms with Crippen molar-refractivity contribution in [3.63, 3.8) is 0 Å². The number of aliphatic hydroxyl groups excluding tert-OH is 3. The van der Waals surface area contributed by atoms with Gasteiger partial charge in [-0.2, -0.15) is 0 Å². The molecule has 68 heavy (non-hydrogen) atoms. The van der Waals surface area contributed by atoms with Crippen molar-refractivity contribution in [1.29, 1.82) is 0 Å². The molecule has 0 saturated carbocycles. The molecule has 1 saturated heterocycles. The minimum Gasteiger partial charge on any atom is -0.445 e. The van der Waals surface area contributed by atoms with Crippen molar-refractivity contribution in [2.75, 3.05) is 13.2 Å². The fourth-order valence-electron chi connectivity index (χ4n) is 10.4. The summed E-state index contributed by atoms with van der Waals surface area (Å²) in [7, 11) is 0. The highest BCUT2D eigenvalue weighted by Gasteiger charge is 2.58. The van der Waals surface area contributed by atoms with E-state index in [4.69, 9.17) is 14.2 Å². The number of carbonyl (C=O) groups is 3. The van der Waals surface area contributed by atoms with Crippen LogP contribution in [0.1, 0.15) is 316 Å². The van der Waals surface area contributed by atoms with E-state index in [2.05, 4.69) is 20.8 Å². The number of aliphatic hydroxyl groups is 3. The first-order valence-corrected chi connectivity index (χ1v) is 29.9. The number of carbonyl (C=O) groups excluding carboxylic acids is 3. The molecule has 0 amide bonds. The van der Waals surface area contributed by atoms with Gasteiger partial charge in [-0.3, -0.25) is 0 Å². The fraction of sp³-hybridized carbons (Fsp3) is 0.949. The SMILES string of the molecule is CCCCCCCCCCCCCCCCCCC(CCCCCCCCCCCCCCC)C1(C(O)CCCCCCCCCCCCCCCC)OC(=O)C(CO)OC(=O)C(CO)OC1=O. The maximum Gasteiger partial charge on any atom is 0.354 e. The van der Waals surface area contributed by atoms with Crippen LogP contribution in [0, 0.1) is 5.92 Å². The average molecular weight is 966 g/mol. The summed E-state index contributed by atoms with van der Waals surface area (Å²) in [5, 5.41) is 32.6. The lowest BCUT2D eigenvalue weighted by Crippen LogP contribution is -2.60. The number of cyclic esters (lactones) is 3. The highest BCUT2D eigenvalue weighted by Crippen LogP contribution is 2.40. The van der Waals surface area contributed by atoms with Crippen LogP contribution >= 0.6 is 0 Å². The molecular weight excluding hydrogens is 853 g/mol. The van der Waals surface area contributed by atoms with Crippen LogP contribution in [0.5, 0.6) is 0 Å². The zero-order valence-corrected chi connectivity index (χ0v) is 45.0. The summed E-state index contributed by atoms with van der Waals surface area (Å²) in [6, 6.07) is 0. The smallest absolute Gasteiger partial charge is 0.354 e. The Kier molecular flexibility index (Phi) is 43.8. The van der Waals surface area contributed by atoms with Crippen molar-refractivity contribution in [2.24, 2.45) is 5.92 Å². The molecule has 402 valence electrons. The van der Waals surface area contributed by atoms with Crippen LogP contribution in [0.2, 0.25) is 0 Å². The molecule has 0 aromatic heterocycles. The lowest BCUT2D eigenvalue weighted by Gasteiger charge is -2.41. The molecule has 1 aliphatic rings. The third kappa shape index (κ3) is 31.6. The molecular formula is C59H112O9. The van der Waals surface area contributed by atoms with Gasteiger partial charge < -0.3 is 29.5 Å². The minimum absolute atomic E-state index is 0.219. The highest BCUT2D eigenvalue weighted by atomic mass is 16.7. The van der Waals surface area contributed by atoms with Gasteiger partial charge in [-0.25, -0.2) is 14.4 Å². The molecule has 0 bridgehead atoms. The lowest BCUT2D eigenvalue weighted by molar-refractivity contribution is -0.213. The molecule has 0 spiro atoms. The molecule has 3 N–H and O–H groups in total. The zero-order valence-electron chi connectivity index (χ0n) is 45.0. The van der Waals surface area contributed by atoms with Crippen molar-refractivity contribution < 1.29 is 43.9 Å². The van der Waals surface area contributed by atoms with E-state index in [-0.39, 0.29) is 6.42 Å². The zero-order chi connectivity index (χ0) is 49.6. The molecule has 0 radical (unpaired) electrons. The van der Waals surface area contributed by atoms with Gasteiger partial charge in [0.2, 0.25) is 17.8 Å². The Morgan fingerprint density at radius 3 is 0.897 bits per heavy atom. The van der Waals surface area contributed by atoms with Crippen molar-refractivity contribution in [2.45, 2.75) is 340 Å². The molecule has 9 nitrogen and oxygen atoms in total. The standard InChI is InChI=1S/C59H112O9/c1-4-7-10-13-16-19-22-25-27-28-30-33-36-39-42-45-48-52(47-44-41-38-35-32-29-24-21-18-15-12-9-6-3)59(58(65)67-53(50-60)56(63)66-54(51-61)57(64)68-59)55(62)49-46-43-40-37-34-31-26-23-20-17-14-11-8-5-2/h52-55,60-62H,4-51H2,1-3H3. The van der Waals surface area contributed by atoms with Crippen LogP contribution in [0.4, 0.5) is 0 Å². The van der Waals surface area contributed by atoms with E-state index in [0.717, 1.165) is 70.6 Å². The largest absolute Gasteiger partial charge is 0.445 e. The van der Waals surface area contributed by atoms with Crippen LogP contribution in [-0.2, 0) is 28.6 Å². The molecule has 5 unspecified atom stereocenters. The third-order valence-corrected chi connectivity index (χ3v) is 14.9. The van der Waals surface area contributed by atoms with E-state index in [1.165, 1.54) is 199 Å². The summed E-state index contributed by atoms with van der Waals surface area (Å²) < 4.78 is 17.1. The molecule has 1 aliphatic heterocycles. The summed E-state index contributed by atoms with van der Waals surface area (Å²) in [6.45, 7) is 5.07. The average Bonchev–Trinajstić information content (AvgIpc) is 3.37. The van der Waals surface area contributed by atoms with Crippen molar-refractivity contribution in [3.8, 4) is 0 Å². The van der Waals surface area contributed by atoms with Crippen molar-refractivity contribution in [1.82, 2.24) is 0 Å². The Morgan fingerprint density at radius 1 is 0.368 bits per heavy atom. The van der Waals surface area contributed by atoms with Gasteiger partial charge in [-0.1, -0.05) is 297 Å². The van der Waals surface area contributed by atoms with Gasteiger partial charge in [0.1, 0.15) is 6.10 Å². The lowest BCUT2D eigenvalue weighted by atomic mass is 9.74. The molecule has 0 aliphatic carbocycles. The molecule has 1 heterocycles. The van der Waals surface area contributed by atoms with Crippen LogP contribution < -0.4 is 0 Å². The first-order valence-electron chi connectivity index (χ1n) is 29.9. The third-order valence-electron chi connectivity index (χ3n) is 14.9. The summed E-state index contributed by atoms with van der Waals surface area (Å²) in [5.41, 5.74) is -2.10. The van der Waals surface area contributed by atoms with Gasteiger partial charge >= 0.3 is 17.9 Å². The van der Waals surface area contributed by atoms with Gasteiger partial charge in [0, 0.05) is 5.92 Å². The number of hydrogen-bond donors (Lipinski definition) is 3.